The van der Waals surface area contributed by atoms with Gasteiger partial charge in [-0.2, -0.15) is 0 Å². The predicted octanol–water partition coefficient (Wildman–Crippen LogP) is 4.03. The molecule has 0 aliphatic heterocycles. The Bertz CT molecular complexity index is 780. The van der Waals surface area contributed by atoms with Gasteiger partial charge < -0.3 is 5.32 Å². The van der Waals surface area contributed by atoms with Gasteiger partial charge in [0.05, 0.1) is 0 Å². The zero-order valence-corrected chi connectivity index (χ0v) is 12.8. The molecular formula is C19H18N4. The Balaban J connectivity index is 1.42. The van der Waals surface area contributed by atoms with E-state index in [4.69, 9.17) is 0 Å². The summed E-state index contributed by atoms with van der Waals surface area (Å²) in [7, 11) is 0. The summed E-state index contributed by atoms with van der Waals surface area (Å²) in [6.45, 7) is 0.758. The Morgan fingerprint density at radius 2 is 1.83 bits per heavy atom. The summed E-state index contributed by atoms with van der Waals surface area (Å²) in [5.41, 5.74) is 3.54. The SMILES string of the molecule is c1cncc(-c2ccc(CNc3ccnc(C4CC4)n3)cc2)c1. The number of nitrogens with zero attached hydrogens (tertiary/aromatic N) is 3. The molecule has 2 heterocycles. The highest BCUT2D eigenvalue weighted by molar-refractivity contribution is 5.62. The number of hydrogen-bond donors (Lipinski definition) is 1. The highest BCUT2D eigenvalue weighted by Crippen LogP contribution is 2.38. The van der Waals surface area contributed by atoms with Crippen molar-refractivity contribution in [3.8, 4) is 11.1 Å². The van der Waals surface area contributed by atoms with Crippen molar-refractivity contribution in [2.75, 3.05) is 5.32 Å². The molecule has 0 amide bonds. The van der Waals surface area contributed by atoms with E-state index in [1.807, 2.05) is 24.5 Å². The molecule has 0 spiro atoms. The molecule has 1 aliphatic rings. The minimum absolute atomic E-state index is 0.579. The van der Waals surface area contributed by atoms with Crippen molar-refractivity contribution in [3.05, 3.63) is 72.4 Å². The second-order valence-corrected chi connectivity index (χ2v) is 5.87. The van der Waals surface area contributed by atoms with Crippen LogP contribution in [0.1, 0.15) is 30.1 Å². The van der Waals surface area contributed by atoms with Gasteiger partial charge in [-0.25, -0.2) is 9.97 Å². The van der Waals surface area contributed by atoms with Crippen LogP contribution in [0.5, 0.6) is 0 Å². The molecule has 4 heteroatoms. The van der Waals surface area contributed by atoms with E-state index in [0.717, 1.165) is 23.8 Å². The van der Waals surface area contributed by atoms with Crippen LogP contribution in [0.15, 0.2) is 61.1 Å². The minimum atomic E-state index is 0.579. The zero-order chi connectivity index (χ0) is 15.5. The van der Waals surface area contributed by atoms with Crippen molar-refractivity contribution in [3.63, 3.8) is 0 Å². The maximum Gasteiger partial charge on any atom is 0.133 e. The molecule has 0 saturated heterocycles. The third-order valence-corrected chi connectivity index (χ3v) is 4.04. The quantitative estimate of drug-likeness (QED) is 0.773. The number of anilines is 1. The molecule has 0 atom stereocenters. The zero-order valence-electron chi connectivity index (χ0n) is 12.8. The van der Waals surface area contributed by atoms with Gasteiger partial charge in [0.15, 0.2) is 0 Å². The van der Waals surface area contributed by atoms with Gasteiger partial charge in [0.2, 0.25) is 0 Å². The molecule has 4 rings (SSSR count). The molecule has 3 aromatic rings. The van der Waals surface area contributed by atoms with Crippen LogP contribution in [0.25, 0.3) is 11.1 Å². The molecular weight excluding hydrogens is 284 g/mol. The number of pyridine rings is 1. The van der Waals surface area contributed by atoms with Crippen molar-refractivity contribution in [1.82, 2.24) is 15.0 Å². The fourth-order valence-electron chi connectivity index (χ4n) is 2.55. The first-order chi connectivity index (χ1) is 11.4. The Morgan fingerprint density at radius 1 is 0.957 bits per heavy atom. The highest BCUT2D eigenvalue weighted by atomic mass is 15.0. The van der Waals surface area contributed by atoms with Crippen molar-refractivity contribution in [2.24, 2.45) is 0 Å². The van der Waals surface area contributed by atoms with Gasteiger partial charge in [-0.15, -0.1) is 0 Å². The molecule has 0 bridgehead atoms. The molecule has 1 aromatic carbocycles. The first-order valence-electron chi connectivity index (χ1n) is 7.95. The predicted molar refractivity (Wildman–Crippen MR) is 91.0 cm³/mol. The first kappa shape index (κ1) is 13.9. The lowest BCUT2D eigenvalue weighted by Gasteiger charge is -2.08. The first-order valence-corrected chi connectivity index (χ1v) is 7.95. The number of benzene rings is 1. The van der Waals surface area contributed by atoms with E-state index >= 15 is 0 Å². The van der Waals surface area contributed by atoms with Gasteiger partial charge in [-0.05, 0) is 41.7 Å². The van der Waals surface area contributed by atoms with Crippen LogP contribution in [-0.4, -0.2) is 15.0 Å². The molecule has 0 radical (unpaired) electrons. The largest absolute Gasteiger partial charge is 0.366 e. The van der Waals surface area contributed by atoms with Crippen molar-refractivity contribution < 1.29 is 0 Å². The van der Waals surface area contributed by atoms with Gasteiger partial charge in [0.25, 0.3) is 0 Å². The van der Waals surface area contributed by atoms with Crippen LogP contribution in [0.4, 0.5) is 5.82 Å². The van der Waals surface area contributed by atoms with Crippen LogP contribution in [0, 0.1) is 0 Å². The molecule has 23 heavy (non-hydrogen) atoms. The summed E-state index contributed by atoms with van der Waals surface area (Å²) in [4.78, 5) is 13.1. The molecule has 0 unspecified atom stereocenters. The van der Waals surface area contributed by atoms with Crippen LogP contribution in [0.2, 0.25) is 0 Å². The van der Waals surface area contributed by atoms with E-state index in [-0.39, 0.29) is 0 Å². The molecule has 1 saturated carbocycles. The maximum absolute atomic E-state index is 4.58. The average Bonchev–Trinajstić information content (AvgIpc) is 3.47. The summed E-state index contributed by atoms with van der Waals surface area (Å²) in [6.07, 6.45) is 7.96. The van der Waals surface area contributed by atoms with Crippen molar-refractivity contribution >= 4 is 5.82 Å². The lowest BCUT2D eigenvalue weighted by molar-refractivity contribution is 0.921. The standard InChI is InChI=1S/C19H18N4/c1-2-17(13-20-10-1)15-5-3-14(4-6-15)12-22-18-9-11-21-19(23-18)16-7-8-16/h1-6,9-11,13,16H,7-8,12H2,(H,21,22,23). The summed E-state index contributed by atoms with van der Waals surface area (Å²) >= 11 is 0. The minimum Gasteiger partial charge on any atom is -0.366 e. The summed E-state index contributed by atoms with van der Waals surface area (Å²) < 4.78 is 0. The van der Waals surface area contributed by atoms with E-state index < -0.39 is 0 Å². The number of nitrogens with one attached hydrogen (secondary N) is 1. The fourth-order valence-corrected chi connectivity index (χ4v) is 2.55. The number of hydrogen-bond acceptors (Lipinski definition) is 4. The van der Waals surface area contributed by atoms with Gasteiger partial charge in [0, 0.05) is 31.1 Å². The molecule has 1 aliphatic carbocycles. The van der Waals surface area contributed by atoms with Crippen LogP contribution in [-0.2, 0) is 6.54 Å². The molecule has 2 aromatic heterocycles. The maximum atomic E-state index is 4.58. The normalized spacial score (nSPS) is 13.7. The Morgan fingerprint density at radius 3 is 2.57 bits per heavy atom. The Kier molecular flexibility index (Phi) is 3.72. The van der Waals surface area contributed by atoms with Gasteiger partial charge in [-0.3, -0.25) is 4.98 Å². The van der Waals surface area contributed by atoms with E-state index in [2.05, 4.69) is 50.6 Å². The van der Waals surface area contributed by atoms with Crippen molar-refractivity contribution in [1.29, 1.82) is 0 Å². The van der Waals surface area contributed by atoms with Crippen LogP contribution in [0.3, 0.4) is 0 Å². The Hall–Kier alpha value is -2.75. The molecule has 4 nitrogen and oxygen atoms in total. The molecule has 1 fully saturated rings. The van der Waals surface area contributed by atoms with E-state index in [1.54, 1.807) is 6.20 Å². The van der Waals surface area contributed by atoms with E-state index in [0.29, 0.717) is 5.92 Å². The molecule has 1 N–H and O–H groups in total. The summed E-state index contributed by atoms with van der Waals surface area (Å²) in [5, 5.41) is 3.38. The smallest absolute Gasteiger partial charge is 0.133 e. The highest BCUT2D eigenvalue weighted by Gasteiger charge is 2.26. The topological polar surface area (TPSA) is 50.7 Å². The second kappa shape index (κ2) is 6.16. The fraction of sp³-hybridized carbons (Fsp3) is 0.211. The third kappa shape index (κ3) is 3.37. The summed E-state index contributed by atoms with van der Waals surface area (Å²) in [5.74, 6) is 2.45. The van der Waals surface area contributed by atoms with Crippen LogP contribution < -0.4 is 5.32 Å². The van der Waals surface area contributed by atoms with Crippen molar-refractivity contribution in [2.45, 2.75) is 25.3 Å². The average molecular weight is 302 g/mol. The second-order valence-electron chi connectivity index (χ2n) is 5.87. The number of rotatable bonds is 5. The monoisotopic (exact) mass is 302 g/mol. The lowest BCUT2D eigenvalue weighted by Crippen LogP contribution is -2.03. The van der Waals surface area contributed by atoms with Gasteiger partial charge in [-0.1, -0.05) is 30.3 Å². The van der Waals surface area contributed by atoms with Gasteiger partial charge >= 0.3 is 0 Å². The number of aromatic nitrogens is 3. The third-order valence-electron chi connectivity index (χ3n) is 4.04. The lowest BCUT2D eigenvalue weighted by atomic mass is 10.1. The van der Waals surface area contributed by atoms with E-state index in [9.17, 15) is 0 Å². The van der Waals surface area contributed by atoms with Crippen LogP contribution >= 0.6 is 0 Å². The summed E-state index contributed by atoms with van der Waals surface area (Å²) in [6, 6.07) is 14.5. The van der Waals surface area contributed by atoms with Gasteiger partial charge in [0.1, 0.15) is 11.6 Å². The molecule has 114 valence electrons. The Labute approximate surface area is 135 Å². The van der Waals surface area contributed by atoms with E-state index in [1.165, 1.54) is 24.0 Å².